The molecule has 0 spiro atoms. The van der Waals surface area contributed by atoms with Crippen LogP contribution in [0.5, 0.6) is 0 Å². The van der Waals surface area contributed by atoms with E-state index in [1.54, 1.807) is 28.4 Å². The van der Waals surface area contributed by atoms with Gasteiger partial charge in [0.05, 0.1) is 4.90 Å². The van der Waals surface area contributed by atoms with E-state index >= 15 is 0 Å². The molecule has 0 bridgehead atoms. The van der Waals surface area contributed by atoms with Crippen LogP contribution in [0.3, 0.4) is 0 Å². The first-order valence-electron chi connectivity index (χ1n) is 12.8. The van der Waals surface area contributed by atoms with Gasteiger partial charge in [0.15, 0.2) is 0 Å². The summed E-state index contributed by atoms with van der Waals surface area (Å²) in [5.41, 5.74) is 0.916. The number of aryl methyl sites for hydroxylation is 1. The van der Waals surface area contributed by atoms with Crippen LogP contribution < -0.4 is 5.32 Å². The number of thiophene rings is 1. The third kappa shape index (κ3) is 6.79. The van der Waals surface area contributed by atoms with Crippen molar-refractivity contribution in [1.29, 1.82) is 0 Å². The molecule has 0 unspecified atom stereocenters. The number of aliphatic carboxylic acids is 1. The third-order valence-electron chi connectivity index (χ3n) is 7.08. The zero-order chi connectivity index (χ0) is 27.3. The lowest BCUT2D eigenvalue weighted by atomic mass is 10.1. The van der Waals surface area contributed by atoms with Gasteiger partial charge < -0.3 is 15.3 Å². The Hall–Kier alpha value is -2.80. The lowest BCUT2D eigenvalue weighted by Crippen LogP contribution is -2.51. The van der Waals surface area contributed by atoms with Crippen LogP contribution in [0, 0.1) is 6.92 Å². The Balaban J connectivity index is 1.30. The molecule has 2 atom stereocenters. The van der Waals surface area contributed by atoms with Crippen molar-refractivity contribution in [3.63, 3.8) is 0 Å². The van der Waals surface area contributed by atoms with Crippen molar-refractivity contribution in [3.8, 4) is 0 Å². The molecule has 0 radical (unpaired) electrons. The minimum absolute atomic E-state index is 0.0157. The van der Waals surface area contributed by atoms with Crippen LogP contribution in [0.15, 0.2) is 46.7 Å². The molecule has 2 aliphatic heterocycles. The Kier molecular flexibility index (Phi) is 9.19. The molecular formula is C26H34N4O6S2. The third-order valence-corrected chi connectivity index (χ3v) is 9.86. The average Bonchev–Trinajstić information content (AvgIpc) is 3.60. The second kappa shape index (κ2) is 12.4. The molecule has 4 rings (SSSR count). The van der Waals surface area contributed by atoms with E-state index in [0.717, 1.165) is 29.5 Å². The standard InChI is InChI=1S/C26H34N4O6S2/c1-19-6-8-21(9-7-19)38(35,36)30-12-2-5-23(30)25(32)27-22(26(33)34)10-11-24(31)29-15-13-28(14-16-29)18-20-4-3-17-37-20/h3-4,6-9,17,22-23H,2,5,10-16,18H2,1H3,(H,27,32)(H,33,34)/t22-,23-/m0/s1. The van der Waals surface area contributed by atoms with Gasteiger partial charge in [-0.25, -0.2) is 13.2 Å². The molecule has 2 aliphatic rings. The molecule has 0 aliphatic carbocycles. The molecule has 2 fully saturated rings. The minimum Gasteiger partial charge on any atom is -0.480 e. The monoisotopic (exact) mass is 562 g/mol. The molecule has 38 heavy (non-hydrogen) atoms. The molecule has 3 heterocycles. The highest BCUT2D eigenvalue weighted by Crippen LogP contribution is 2.26. The van der Waals surface area contributed by atoms with Crippen LogP contribution in [0.1, 0.15) is 36.1 Å². The van der Waals surface area contributed by atoms with Gasteiger partial charge in [-0.1, -0.05) is 23.8 Å². The van der Waals surface area contributed by atoms with Crippen molar-refractivity contribution in [3.05, 3.63) is 52.2 Å². The molecule has 2 N–H and O–H groups in total. The normalized spacial score (nSPS) is 19.8. The van der Waals surface area contributed by atoms with E-state index in [-0.39, 0.29) is 30.2 Å². The summed E-state index contributed by atoms with van der Waals surface area (Å²) in [5.74, 6) is -2.05. The van der Waals surface area contributed by atoms with Crippen molar-refractivity contribution in [1.82, 2.24) is 19.4 Å². The first-order chi connectivity index (χ1) is 18.1. The highest BCUT2D eigenvalue weighted by atomic mass is 32.2. The van der Waals surface area contributed by atoms with Gasteiger partial charge in [0.25, 0.3) is 0 Å². The smallest absolute Gasteiger partial charge is 0.326 e. The lowest BCUT2D eigenvalue weighted by Gasteiger charge is -2.34. The summed E-state index contributed by atoms with van der Waals surface area (Å²) in [6, 6.07) is 8.23. The Morgan fingerprint density at radius 1 is 1.08 bits per heavy atom. The number of carboxylic acids is 1. The van der Waals surface area contributed by atoms with E-state index in [4.69, 9.17) is 0 Å². The van der Waals surface area contributed by atoms with E-state index in [1.807, 2.05) is 18.4 Å². The summed E-state index contributed by atoms with van der Waals surface area (Å²) in [6.07, 6.45) is 0.723. The predicted octanol–water partition coefficient (Wildman–Crippen LogP) is 1.90. The SMILES string of the molecule is Cc1ccc(S(=O)(=O)N2CCC[C@H]2C(=O)N[C@@H](CCC(=O)N2CCN(Cc3cccs3)CC2)C(=O)O)cc1. The molecule has 206 valence electrons. The van der Waals surface area contributed by atoms with Gasteiger partial charge in [-0.05, 0) is 49.8 Å². The van der Waals surface area contributed by atoms with Gasteiger partial charge >= 0.3 is 5.97 Å². The Labute approximate surface area is 227 Å². The van der Waals surface area contributed by atoms with Crippen molar-refractivity contribution in [2.45, 2.75) is 56.1 Å². The average molecular weight is 563 g/mol. The minimum atomic E-state index is -3.91. The summed E-state index contributed by atoms with van der Waals surface area (Å²) in [5, 5.41) is 14.2. The van der Waals surface area contributed by atoms with Gasteiger partial charge in [0.1, 0.15) is 12.1 Å². The maximum Gasteiger partial charge on any atom is 0.326 e. The molecule has 2 aromatic rings. The van der Waals surface area contributed by atoms with Crippen LogP contribution in [0.4, 0.5) is 0 Å². The van der Waals surface area contributed by atoms with Crippen LogP contribution in [0.25, 0.3) is 0 Å². The number of carbonyl (C=O) groups is 3. The zero-order valence-corrected chi connectivity index (χ0v) is 23.0. The molecule has 2 amide bonds. The molecular weight excluding hydrogens is 528 g/mol. The van der Waals surface area contributed by atoms with E-state index in [1.165, 1.54) is 17.0 Å². The predicted molar refractivity (Wildman–Crippen MR) is 143 cm³/mol. The Morgan fingerprint density at radius 2 is 1.79 bits per heavy atom. The fourth-order valence-corrected chi connectivity index (χ4v) is 7.27. The number of rotatable bonds is 10. The number of amides is 2. The number of benzene rings is 1. The number of nitrogens with zero attached hydrogens (tertiary/aromatic N) is 3. The van der Waals surface area contributed by atoms with Crippen molar-refractivity contribution in [2.24, 2.45) is 0 Å². The summed E-state index contributed by atoms with van der Waals surface area (Å²) in [6.45, 7) is 5.52. The maximum atomic E-state index is 13.2. The van der Waals surface area contributed by atoms with E-state index in [9.17, 15) is 27.9 Å². The first-order valence-corrected chi connectivity index (χ1v) is 15.1. The van der Waals surface area contributed by atoms with Crippen molar-refractivity contribution < 1.29 is 27.9 Å². The highest BCUT2D eigenvalue weighted by Gasteiger charge is 2.40. The van der Waals surface area contributed by atoms with Crippen LogP contribution in [0.2, 0.25) is 0 Å². The van der Waals surface area contributed by atoms with E-state index in [0.29, 0.717) is 25.9 Å². The van der Waals surface area contributed by atoms with Crippen LogP contribution in [-0.4, -0.2) is 90.2 Å². The number of carbonyl (C=O) groups excluding carboxylic acids is 2. The maximum absolute atomic E-state index is 13.2. The Morgan fingerprint density at radius 3 is 2.42 bits per heavy atom. The van der Waals surface area contributed by atoms with Gasteiger partial charge in [-0.15, -0.1) is 11.3 Å². The summed E-state index contributed by atoms with van der Waals surface area (Å²) < 4.78 is 27.5. The van der Waals surface area contributed by atoms with Crippen molar-refractivity contribution >= 4 is 39.1 Å². The second-order valence-corrected chi connectivity index (χ2v) is 12.7. The number of hydrogen-bond acceptors (Lipinski definition) is 7. The molecule has 0 saturated carbocycles. The fourth-order valence-electron chi connectivity index (χ4n) is 4.87. The summed E-state index contributed by atoms with van der Waals surface area (Å²) in [7, 11) is -3.91. The van der Waals surface area contributed by atoms with Crippen LogP contribution in [-0.2, 0) is 31.0 Å². The first kappa shape index (κ1) is 28.2. The molecule has 10 nitrogen and oxygen atoms in total. The number of sulfonamides is 1. The molecule has 1 aromatic carbocycles. The van der Waals surface area contributed by atoms with Crippen molar-refractivity contribution in [2.75, 3.05) is 32.7 Å². The molecule has 2 saturated heterocycles. The summed E-state index contributed by atoms with van der Waals surface area (Å²) >= 11 is 1.70. The van der Waals surface area contributed by atoms with Crippen LogP contribution >= 0.6 is 11.3 Å². The van der Waals surface area contributed by atoms with Gasteiger partial charge in [-0.2, -0.15) is 4.31 Å². The van der Waals surface area contributed by atoms with Gasteiger partial charge in [-0.3, -0.25) is 14.5 Å². The molecule has 12 heteroatoms. The Bertz CT molecular complexity index is 1220. The fraction of sp³-hybridized carbons (Fsp3) is 0.500. The van der Waals surface area contributed by atoms with Gasteiger partial charge in [0, 0.05) is 50.6 Å². The summed E-state index contributed by atoms with van der Waals surface area (Å²) in [4.78, 5) is 43.1. The quantitative estimate of drug-likeness (QED) is 0.453. The number of nitrogens with one attached hydrogen (secondary N) is 1. The van der Waals surface area contributed by atoms with Gasteiger partial charge in [0.2, 0.25) is 21.8 Å². The second-order valence-electron chi connectivity index (χ2n) is 9.76. The zero-order valence-electron chi connectivity index (χ0n) is 21.4. The number of carboxylic acid groups (broad SMARTS) is 1. The van der Waals surface area contributed by atoms with E-state index < -0.39 is 34.0 Å². The van der Waals surface area contributed by atoms with E-state index in [2.05, 4.69) is 16.3 Å². The highest BCUT2D eigenvalue weighted by molar-refractivity contribution is 7.89. The number of piperazine rings is 1. The lowest BCUT2D eigenvalue weighted by molar-refractivity contribution is -0.143. The largest absolute Gasteiger partial charge is 0.480 e. The number of hydrogen-bond donors (Lipinski definition) is 2. The topological polar surface area (TPSA) is 127 Å². The molecule has 1 aromatic heterocycles.